The van der Waals surface area contributed by atoms with Crippen molar-refractivity contribution in [2.75, 3.05) is 35.6 Å². The lowest BCUT2D eigenvalue weighted by Gasteiger charge is -2.35. The van der Waals surface area contributed by atoms with Gasteiger partial charge in [0.2, 0.25) is 11.9 Å². The van der Waals surface area contributed by atoms with Crippen LogP contribution in [0.1, 0.15) is 48.8 Å². The molecular weight excluding hydrogens is 725 g/mol. The second-order valence-corrected chi connectivity index (χ2v) is 13.8. The fourth-order valence-corrected chi connectivity index (χ4v) is 6.58. The number of likely N-dealkylation sites (tertiary alicyclic amines) is 1. The zero-order chi connectivity index (χ0) is 39.5. The van der Waals surface area contributed by atoms with E-state index in [9.17, 15) is 23.9 Å². The van der Waals surface area contributed by atoms with Crippen LogP contribution in [0.5, 0.6) is 0 Å². The van der Waals surface area contributed by atoms with E-state index in [1.54, 1.807) is 29.0 Å². The molecular formula is C39H40FN9O7. The minimum atomic E-state index is -1.07. The van der Waals surface area contributed by atoms with Crippen molar-refractivity contribution in [3.63, 3.8) is 0 Å². The van der Waals surface area contributed by atoms with E-state index >= 15 is 0 Å². The lowest BCUT2D eigenvalue weighted by molar-refractivity contribution is -0.114. The molecule has 290 valence electrons. The standard InChI is InChI=1S/C39H40FN9O7/c1-21(2)30-18-44-49-34(30)46-36(42-17-26-12-14-48(19-31(26)50)38(52)54-20-32-23(4)55-39(53)56-32)47-37(49)43-16-25-7-5-6-8-28(25)33-29-10-9-27(45-35(51)22(3)40)15-24(29)11-13-41-33/h5-11,13,15,18,21,26,31,50H,3,12,14,16-17,19-20H2,1-2,4H3,(H,45,51)(H2,42,43,46,47)/t26-,31+/m0/s1. The third-order valence-electron chi connectivity index (χ3n) is 9.66. The van der Waals surface area contributed by atoms with Crippen LogP contribution in [0, 0.1) is 12.8 Å². The van der Waals surface area contributed by atoms with Gasteiger partial charge in [-0.2, -0.15) is 19.6 Å². The predicted octanol–water partition coefficient (Wildman–Crippen LogP) is 5.78. The number of anilines is 3. The van der Waals surface area contributed by atoms with Gasteiger partial charge in [-0.3, -0.25) is 9.78 Å². The largest absolute Gasteiger partial charge is 0.519 e. The smallest absolute Gasteiger partial charge is 0.441 e. The number of hydrogen-bond donors (Lipinski definition) is 4. The van der Waals surface area contributed by atoms with E-state index in [0.29, 0.717) is 49.3 Å². The number of aliphatic hydroxyl groups excluding tert-OH is 1. The number of pyridine rings is 1. The number of rotatable bonds is 12. The number of β-amino-alcohol motifs (C(OH)–C–C–N with tert-alkyl or cyclic N) is 1. The zero-order valence-electron chi connectivity index (χ0n) is 30.9. The fourth-order valence-electron chi connectivity index (χ4n) is 6.58. The van der Waals surface area contributed by atoms with Crippen molar-refractivity contribution in [1.29, 1.82) is 0 Å². The minimum absolute atomic E-state index is 0.0598. The molecule has 0 unspecified atom stereocenters. The molecule has 1 aliphatic heterocycles. The Kier molecular flexibility index (Phi) is 10.8. The Labute approximate surface area is 319 Å². The van der Waals surface area contributed by atoms with Crippen LogP contribution in [0.15, 0.2) is 87.0 Å². The second-order valence-electron chi connectivity index (χ2n) is 13.8. The number of ether oxygens (including phenoxy) is 1. The average Bonchev–Trinajstić information content (AvgIpc) is 3.76. The highest BCUT2D eigenvalue weighted by molar-refractivity contribution is 6.04. The number of benzene rings is 2. The van der Waals surface area contributed by atoms with Crippen LogP contribution >= 0.6 is 0 Å². The summed E-state index contributed by atoms with van der Waals surface area (Å²) in [4.78, 5) is 51.5. The fraction of sp³-hybridized carbons (Fsp3) is 0.308. The number of aliphatic hydroxyl groups is 1. The molecule has 1 aliphatic rings. The molecule has 2 aromatic carbocycles. The highest BCUT2D eigenvalue weighted by Crippen LogP contribution is 2.32. The number of nitrogens with one attached hydrogen (secondary N) is 3. The summed E-state index contributed by atoms with van der Waals surface area (Å²) in [6.07, 6.45) is 2.46. The van der Waals surface area contributed by atoms with E-state index in [0.717, 1.165) is 33.2 Å². The summed E-state index contributed by atoms with van der Waals surface area (Å²) < 4.78 is 30.0. The number of aromatic nitrogens is 5. The summed E-state index contributed by atoms with van der Waals surface area (Å²) in [6.45, 7) is 9.55. The normalized spacial score (nSPS) is 15.6. The molecule has 16 nitrogen and oxygen atoms in total. The molecule has 1 fully saturated rings. The molecule has 7 rings (SSSR count). The van der Waals surface area contributed by atoms with E-state index in [-0.39, 0.29) is 36.5 Å². The molecule has 2 amide bonds. The van der Waals surface area contributed by atoms with E-state index < -0.39 is 29.8 Å². The summed E-state index contributed by atoms with van der Waals surface area (Å²) in [5.41, 5.74) is 4.52. The van der Waals surface area contributed by atoms with Crippen molar-refractivity contribution in [1.82, 2.24) is 29.5 Å². The minimum Gasteiger partial charge on any atom is -0.441 e. The summed E-state index contributed by atoms with van der Waals surface area (Å²) in [5, 5.41) is 26.5. The Hall–Kier alpha value is -6.62. The molecule has 0 aliphatic carbocycles. The third kappa shape index (κ3) is 8.07. The van der Waals surface area contributed by atoms with Crippen molar-refractivity contribution in [3.05, 3.63) is 107 Å². The van der Waals surface area contributed by atoms with Gasteiger partial charge in [-0.05, 0) is 48.4 Å². The Morgan fingerprint density at radius 3 is 2.70 bits per heavy atom. The molecule has 0 saturated carbocycles. The van der Waals surface area contributed by atoms with Gasteiger partial charge in [0.1, 0.15) is 0 Å². The molecule has 1 saturated heterocycles. The first-order valence-corrected chi connectivity index (χ1v) is 18.0. The summed E-state index contributed by atoms with van der Waals surface area (Å²) in [7, 11) is 0. The molecule has 2 atom stereocenters. The molecule has 17 heteroatoms. The molecule has 6 aromatic rings. The van der Waals surface area contributed by atoms with Gasteiger partial charge in [-0.15, -0.1) is 0 Å². The van der Waals surface area contributed by atoms with Gasteiger partial charge in [0, 0.05) is 53.9 Å². The number of fused-ring (bicyclic) bond motifs is 2. The number of amides is 2. The van der Waals surface area contributed by atoms with Crippen LogP contribution in [0.4, 0.5) is 26.8 Å². The third-order valence-corrected chi connectivity index (χ3v) is 9.66. The first-order valence-electron chi connectivity index (χ1n) is 18.0. The first-order chi connectivity index (χ1) is 26.9. The number of halogens is 1. The van der Waals surface area contributed by atoms with Crippen molar-refractivity contribution in [2.45, 2.75) is 52.4 Å². The molecule has 4 aromatic heterocycles. The van der Waals surface area contributed by atoms with Crippen molar-refractivity contribution < 1.29 is 32.7 Å². The van der Waals surface area contributed by atoms with Crippen LogP contribution in [0.2, 0.25) is 0 Å². The van der Waals surface area contributed by atoms with E-state index in [4.69, 9.17) is 28.5 Å². The average molecular weight is 766 g/mol. The number of carbonyl (C=O) groups excluding carboxylic acids is 2. The Bertz CT molecular complexity index is 2490. The molecule has 0 bridgehead atoms. The summed E-state index contributed by atoms with van der Waals surface area (Å²) in [5.74, 6) is -1.77. The van der Waals surface area contributed by atoms with E-state index in [2.05, 4.69) is 41.5 Å². The van der Waals surface area contributed by atoms with Gasteiger partial charge in [-0.1, -0.05) is 50.8 Å². The predicted molar refractivity (Wildman–Crippen MR) is 205 cm³/mol. The lowest BCUT2D eigenvalue weighted by Crippen LogP contribution is -2.48. The monoisotopic (exact) mass is 765 g/mol. The number of carbonyl (C=O) groups is 2. The maximum Gasteiger partial charge on any atom is 0.519 e. The second kappa shape index (κ2) is 16.0. The highest BCUT2D eigenvalue weighted by atomic mass is 19.1. The Balaban J connectivity index is 1.06. The number of piperidine rings is 1. The Morgan fingerprint density at radius 1 is 1.12 bits per heavy atom. The van der Waals surface area contributed by atoms with Gasteiger partial charge in [-0.25, -0.2) is 14.0 Å². The quantitative estimate of drug-likeness (QED) is 0.109. The van der Waals surface area contributed by atoms with Crippen molar-refractivity contribution in [2.24, 2.45) is 5.92 Å². The molecule has 56 heavy (non-hydrogen) atoms. The summed E-state index contributed by atoms with van der Waals surface area (Å²) in [6, 6.07) is 14.9. The van der Waals surface area contributed by atoms with Crippen LogP contribution in [-0.2, 0) is 22.7 Å². The lowest BCUT2D eigenvalue weighted by atomic mass is 9.94. The topological polar surface area (TPSA) is 202 Å². The van der Waals surface area contributed by atoms with E-state index in [1.807, 2.05) is 36.4 Å². The van der Waals surface area contributed by atoms with Crippen LogP contribution in [0.25, 0.3) is 27.7 Å². The van der Waals surface area contributed by atoms with Gasteiger partial charge in [0.25, 0.3) is 5.91 Å². The van der Waals surface area contributed by atoms with Crippen LogP contribution < -0.4 is 21.8 Å². The van der Waals surface area contributed by atoms with Crippen molar-refractivity contribution in [3.8, 4) is 11.3 Å². The van der Waals surface area contributed by atoms with Crippen LogP contribution in [0.3, 0.4) is 0 Å². The maximum atomic E-state index is 13.3. The number of nitrogens with zero attached hydrogens (tertiary/aromatic N) is 6. The number of hydrogen-bond acceptors (Lipinski definition) is 13. The maximum absolute atomic E-state index is 13.3. The van der Waals surface area contributed by atoms with Gasteiger partial charge < -0.3 is 39.5 Å². The number of aryl methyl sites for hydroxylation is 1. The van der Waals surface area contributed by atoms with Gasteiger partial charge >= 0.3 is 11.9 Å². The van der Waals surface area contributed by atoms with Gasteiger partial charge in [0.05, 0.1) is 24.5 Å². The summed E-state index contributed by atoms with van der Waals surface area (Å²) >= 11 is 0. The molecule has 4 N–H and O–H groups in total. The first kappa shape index (κ1) is 37.7. The van der Waals surface area contributed by atoms with E-state index in [1.165, 1.54) is 11.8 Å². The van der Waals surface area contributed by atoms with Crippen molar-refractivity contribution >= 4 is 46.0 Å². The molecule has 0 spiro atoms. The van der Waals surface area contributed by atoms with Crippen LogP contribution in [-0.4, -0.2) is 72.3 Å². The molecule has 5 heterocycles. The highest BCUT2D eigenvalue weighted by Gasteiger charge is 2.31. The SMILES string of the molecule is C=C(F)C(=O)Nc1ccc2c(-c3ccccc3CNc3nc(NC[C@@H]4CCN(C(=O)OCc5oc(=O)oc5C)C[C@H]4O)nc4c(C(C)C)cnn34)nccc2c1. The molecule has 0 radical (unpaired) electrons. The zero-order valence-corrected chi connectivity index (χ0v) is 30.9. The van der Waals surface area contributed by atoms with Gasteiger partial charge in [0.15, 0.2) is 29.6 Å². The Morgan fingerprint density at radius 2 is 1.95 bits per heavy atom.